The average molecular weight is 183 g/mol. The smallest absolute Gasteiger partial charge is 0.165 e. The molecule has 0 radical (unpaired) electrons. The fourth-order valence-electron chi connectivity index (χ4n) is 0.900. The maximum atomic E-state index is 13.0. The van der Waals surface area contributed by atoms with Crippen molar-refractivity contribution in [2.24, 2.45) is 0 Å². The molecule has 0 N–H and O–H groups in total. The SMILES string of the molecule is CN(C)CCOc1ccccc1F. The van der Waals surface area contributed by atoms with Crippen LogP contribution in [0.25, 0.3) is 0 Å². The van der Waals surface area contributed by atoms with Crippen molar-refractivity contribution in [2.45, 2.75) is 0 Å². The predicted molar refractivity (Wildman–Crippen MR) is 50.4 cm³/mol. The van der Waals surface area contributed by atoms with E-state index in [-0.39, 0.29) is 5.82 Å². The van der Waals surface area contributed by atoms with Crippen LogP contribution in [0, 0.1) is 5.82 Å². The molecular formula is C10H14FNO. The van der Waals surface area contributed by atoms with Crippen molar-refractivity contribution in [1.82, 2.24) is 4.90 Å². The van der Waals surface area contributed by atoms with E-state index in [0.29, 0.717) is 12.4 Å². The molecule has 0 atom stereocenters. The van der Waals surface area contributed by atoms with Crippen LogP contribution in [0.3, 0.4) is 0 Å². The van der Waals surface area contributed by atoms with Gasteiger partial charge in [-0.1, -0.05) is 12.1 Å². The Morgan fingerprint density at radius 2 is 2.00 bits per heavy atom. The molecule has 0 heterocycles. The summed E-state index contributed by atoms with van der Waals surface area (Å²) >= 11 is 0. The lowest BCUT2D eigenvalue weighted by Crippen LogP contribution is -2.19. The number of benzene rings is 1. The molecule has 1 rings (SSSR count). The summed E-state index contributed by atoms with van der Waals surface area (Å²) in [6.45, 7) is 1.29. The van der Waals surface area contributed by atoms with Gasteiger partial charge in [0.2, 0.25) is 0 Å². The van der Waals surface area contributed by atoms with Crippen molar-refractivity contribution < 1.29 is 9.13 Å². The lowest BCUT2D eigenvalue weighted by Gasteiger charge is -2.10. The predicted octanol–water partition coefficient (Wildman–Crippen LogP) is 1.77. The third-order valence-electron chi connectivity index (χ3n) is 1.63. The van der Waals surface area contributed by atoms with Crippen molar-refractivity contribution >= 4 is 0 Å². The third-order valence-corrected chi connectivity index (χ3v) is 1.63. The second-order valence-corrected chi connectivity index (χ2v) is 3.08. The lowest BCUT2D eigenvalue weighted by molar-refractivity contribution is 0.252. The van der Waals surface area contributed by atoms with Crippen LogP contribution in [0.5, 0.6) is 5.75 Å². The number of para-hydroxylation sites is 1. The topological polar surface area (TPSA) is 12.5 Å². The van der Waals surface area contributed by atoms with Crippen molar-refractivity contribution in [2.75, 3.05) is 27.2 Å². The van der Waals surface area contributed by atoms with Crippen molar-refractivity contribution in [3.8, 4) is 5.75 Å². The van der Waals surface area contributed by atoms with Crippen molar-refractivity contribution in [1.29, 1.82) is 0 Å². The van der Waals surface area contributed by atoms with E-state index in [1.807, 2.05) is 19.0 Å². The van der Waals surface area contributed by atoms with E-state index in [0.717, 1.165) is 6.54 Å². The number of nitrogens with zero attached hydrogens (tertiary/aromatic N) is 1. The summed E-state index contributed by atoms with van der Waals surface area (Å²) in [6.07, 6.45) is 0. The van der Waals surface area contributed by atoms with Gasteiger partial charge in [-0.25, -0.2) is 4.39 Å². The fourth-order valence-corrected chi connectivity index (χ4v) is 0.900. The first kappa shape index (κ1) is 9.99. The Labute approximate surface area is 77.9 Å². The Morgan fingerprint density at radius 3 is 2.62 bits per heavy atom. The second-order valence-electron chi connectivity index (χ2n) is 3.08. The first-order valence-electron chi connectivity index (χ1n) is 4.22. The van der Waals surface area contributed by atoms with Gasteiger partial charge in [-0.15, -0.1) is 0 Å². The Bertz CT molecular complexity index is 263. The van der Waals surface area contributed by atoms with Crippen molar-refractivity contribution in [3.05, 3.63) is 30.1 Å². The molecule has 0 saturated carbocycles. The summed E-state index contributed by atoms with van der Waals surface area (Å²) in [4.78, 5) is 1.99. The van der Waals surface area contributed by atoms with Crippen LogP contribution >= 0.6 is 0 Å². The largest absolute Gasteiger partial charge is 0.489 e. The summed E-state index contributed by atoms with van der Waals surface area (Å²) < 4.78 is 18.2. The van der Waals surface area contributed by atoms with Crippen LogP contribution in [0.15, 0.2) is 24.3 Å². The van der Waals surface area contributed by atoms with Gasteiger partial charge in [-0.05, 0) is 26.2 Å². The summed E-state index contributed by atoms with van der Waals surface area (Å²) in [5.41, 5.74) is 0. The molecular weight excluding hydrogens is 169 g/mol. The Kier molecular flexibility index (Phi) is 3.71. The number of hydrogen-bond donors (Lipinski definition) is 0. The highest BCUT2D eigenvalue weighted by atomic mass is 19.1. The molecule has 0 aromatic heterocycles. The van der Waals surface area contributed by atoms with Crippen LogP contribution < -0.4 is 4.74 Å². The van der Waals surface area contributed by atoms with E-state index in [1.54, 1.807) is 18.2 Å². The molecule has 0 amide bonds. The zero-order chi connectivity index (χ0) is 9.68. The van der Waals surface area contributed by atoms with Crippen LogP contribution in [-0.4, -0.2) is 32.1 Å². The normalized spacial score (nSPS) is 10.5. The van der Waals surface area contributed by atoms with Gasteiger partial charge in [-0.2, -0.15) is 0 Å². The second kappa shape index (κ2) is 4.82. The third kappa shape index (κ3) is 3.42. The molecule has 13 heavy (non-hydrogen) atoms. The molecule has 1 aromatic carbocycles. The quantitative estimate of drug-likeness (QED) is 0.705. The van der Waals surface area contributed by atoms with E-state index >= 15 is 0 Å². The highest BCUT2D eigenvalue weighted by molar-refractivity contribution is 5.23. The molecule has 0 spiro atoms. The zero-order valence-corrected chi connectivity index (χ0v) is 7.96. The first-order chi connectivity index (χ1) is 6.20. The van der Waals surface area contributed by atoms with E-state index in [4.69, 9.17) is 4.74 Å². The number of hydrogen-bond acceptors (Lipinski definition) is 2. The monoisotopic (exact) mass is 183 g/mol. The highest BCUT2D eigenvalue weighted by Gasteiger charge is 2.00. The van der Waals surface area contributed by atoms with Gasteiger partial charge in [0, 0.05) is 6.54 Å². The van der Waals surface area contributed by atoms with E-state index in [2.05, 4.69) is 0 Å². The molecule has 0 aliphatic heterocycles. The molecule has 0 bridgehead atoms. The Hall–Kier alpha value is -1.09. The Balaban J connectivity index is 2.41. The van der Waals surface area contributed by atoms with E-state index < -0.39 is 0 Å². The summed E-state index contributed by atoms with van der Waals surface area (Å²) in [5, 5.41) is 0. The standard InChI is InChI=1S/C10H14FNO/c1-12(2)7-8-13-10-6-4-3-5-9(10)11/h3-6H,7-8H2,1-2H3. The van der Waals surface area contributed by atoms with Gasteiger partial charge in [0.25, 0.3) is 0 Å². The van der Waals surface area contributed by atoms with Crippen molar-refractivity contribution in [3.63, 3.8) is 0 Å². The molecule has 0 aliphatic rings. The molecule has 3 heteroatoms. The fraction of sp³-hybridized carbons (Fsp3) is 0.400. The van der Waals surface area contributed by atoms with E-state index in [1.165, 1.54) is 6.07 Å². The summed E-state index contributed by atoms with van der Waals surface area (Å²) in [7, 11) is 3.90. The average Bonchev–Trinajstić information content (AvgIpc) is 2.08. The van der Waals surface area contributed by atoms with E-state index in [9.17, 15) is 4.39 Å². The maximum absolute atomic E-state index is 13.0. The van der Waals surface area contributed by atoms with Crippen LogP contribution in [0.4, 0.5) is 4.39 Å². The molecule has 72 valence electrons. The number of rotatable bonds is 4. The minimum Gasteiger partial charge on any atom is -0.489 e. The Morgan fingerprint density at radius 1 is 1.31 bits per heavy atom. The summed E-state index contributed by atoms with van der Waals surface area (Å²) in [5.74, 6) is 0.0191. The molecule has 0 fully saturated rings. The maximum Gasteiger partial charge on any atom is 0.165 e. The van der Waals surface area contributed by atoms with Crippen LogP contribution in [0.1, 0.15) is 0 Å². The number of halogens is 1. The summed E-state index contributed by atoms with van der Waals surface area (Å²) in [6, 6.07) is 6.43. The van der Waals surface area contributed by atoms with Gasteiger partial charge in [-0.3, -0.25) is 0 Å². The van der Waals surface area contributed by atoms with Gasteiger partial charge in [0.05, 0.1) is 0 Å². The van der Waals surface area contributed by atoms with Gasteiger partial charge in [0.1, 0.15) is 6.61 Å². The van der Waals surface area contributed by atoms with Gasteiger partial charge < -0.3 is 9.64 Å². The lowest BCUT2D eigenvalue weighted by atomic mass is 10.3. The van der Waals surface area contributed by atoms with Gasteiger partial charge in [0.15, 0.2) is 11.6 Å². The zero-order valence-electron chi connectivity index (χ0n) is 7.96. The minimum atomic E-state index is -0.304. The number of likely N-dealkylation sites (N-methyl/N-ethyl adjacent to an activating group) is 1. The minimum absolute atomic E-state index is 0.304. The molecule has 2 nitrogen and oxygen atoms in total. The van der Waals surface area contributed by atoms with Crippen LogP contribution in [0.2, 0.25) is 0 Å². The first-order valence-corrected chi connectivity index (χ1v) is 4.22. The molecule has 0 aliphatic carbocycles. The molecule has 0 unspecified atom stereocenters. The molecule has 0 saturated heterocycles. The highest BCUT2D eigenvalue weighted by Crippen LogP contribution is 2.14. The van der Waals surface area contributed by atoms with Crippen LogP contribution in [-0.2, 0) is 0 Å². The van der Waals surface area contributed by atoms with Gasteiger partial charge >= 0.3 is 0 Å². The number of ether oxygens (including phenoxy) is 1. The molecule has 1 aromatic rings.